The van der Waals surface area contributed by atoms with Gasteiger partial charge in [0.15, 0.2) is 17.3 Å². The molecule has 0 fully saturated rings. The molecule has 7 heteroatoms. The Morgan fingerprint density at radius 3 is 2.23 bits per heavy atom. The number of ketones is 1. The van der Waals surface area contributed by atoms with Crippen LogP contribution in [0, 0.1) is 0 Å². The Labute approximate surface area is 145 Å². The molecule has 0 spiro atoms. The number of carbonyl (C=O) groups excluding carboxylic acids is 1. The first kappa shape index (κ1) is 15.5. The maximum absolute atomic E-state index is 12.3. The summed E-state index contributed by atoms with van der Waals surface area (Å²) in [6, 6.07) is 5.91. The molecule has 1 N–H and O–H groups in total. The van der Waals surface area contributed by atoms with Crippen molar-refractivity contribution < 1.29 is 14.6 Å². The number of aromatic hydroxyl groups is 1. The summed E-state index contributed by atoms with van der Waals surface area (Å²) in [6.07, 6.45) is 1.46. The van der Waals surface area contributed by atoms with E-state index in [1.165, 1.54) is 30.3 Å². The molecular formula is C15H6Cl4O3. The van der Waals surface area contributed by atoms with Gasteiger partial charge in [-0.1, -0.05) is 46.4 Å². The number of halogens is 4. The van der Waals surface area contributed by atoms with Crippen LogP contribution in [0.1, 0.15) is 15.9 Å². The van der Waals surface area contributed by atoms with Crippen LogP contribution >= 0.6 is 46.4 Å². The van der Waals surface area contributed by atoms with Gasteiger partial charge in [0, 0.05) is 5.02 Å². The number of carbonyl (C=O) groups is 1. The van der Waals surface area contributed by atoms with Gasteiger partial charge >= 0.3 is 0 Å². The number of phenolic OH excluding ortho intramolecular Hbond substituents is 1. The predicted molar refractivity (Wildman–Crippen MR) is 87.5 cm³/mol. The van der Waals surface area contributed by atoms with E-state index in [2.05, 4.69) is 0 Å². The van der Waals surface area contributed by atoms with Gasteiger partial charge in [0.2, 0.25) is 5.78 Å². The summed E-state index contributed by atoms with van der Waals surface area (Å²) in [5.41, 5.74) is 0.797. The van der Waals surface area contributed by atoms with Crippen LogP contribution in [0.4, 0.5) is 0 Å². The van der Waals surface area contributed by atoms with E-state index in [1.54, 1.807) is 0 Å². The van der Waals surface area contributed by atoms with E-state index in [1.807, 2.05) is 0 Å². The van der Waals surface area contributed by atoms with Crippen LogP contribution in [0.3, 0.4) is 0 Å². The van der Waals surface area contributed by atoms with E-state index in [-0.39, 0.29) is 38.1 Å². The SMILES string of the molecule is O=C1/C(=C/c2cc(Cl)c(O)c(Cl)c2)Oc2c(Cl)cc(Cl)cc21. The fraction of sp³-hybridized carbons (Fsp3) is 0. The summed E-state index contributed by atoms with van der Waals surface area (Å²) in [5.74, 6) is -0.239. The Morgan fingerprint density at radius 1 is 0.955 bits per heavy atom. The van der Waals surface area contributed by atoms with E-state index in [0.717, 1.165) is 0 Å². The molecule has 0 unspecified atom stereocenters. The zero-order chi connectivity index (χ0) is 16.0. The van der Waals surface area contributed by atoms with Gasteiger partial charge in [0.1, 0.15) is 0 Å². The van der Waals surface area contributed by atoms with E-state index in [9.17, 15) is 9.90 Å². The molecule has 0 aliphatic carbocycles. The maximum Gasteiger partial charge on any atom is 0.232 e. The summed E-state index contributed by atoms with van der Waals surface area (Å²) < 4.78 is 5.49. The Kier molecular flexibility index (Phi) is 4.00. The van der Waals surface area contributed by atoms with Gasteiger partial charge in [0.25, 0.3) is 0 Å². The molecule has 112 valence electrons. The first-order valence-electron chi connectivity index (χ1n) is 5.98. The highest BCUT2D eigenvalue weighted by molar-refractivity contribution is 6.38. The van der Waals surface area contributed by atoms with E-state index >= 15 is 0 Å². The number of hydrogen-bond donors (Lipinski definition) is 1. The number of fused-ring (bicyclic) bond motifs is 1. The van der Waals surface area contributed by atoms with Crippen LogP contribution in [0.2, 0.25) is 20.1 Å². The highest BCUT2D eigenvalue weighted by atomic mass is 35.5. The number of allylic oxidation sites excluding steroid dienone is 1. The lowest BCUT2D eigenvalue weighted by Crippen LogP contribution is -1.98. The largest absolute Gasteiger partial charge is 0.505 e. The monoisotopic (exact) mass is 374 g/mol. The Morgan fingerprint density at radius 2 is 1.59 bits per heavy atom. The molecule has 0 amide bonds. The predicted octanol–water partition coefficient (Wildman–Crippen LogP) is 5.62. The third-order valence-electron chi connectivity index (χ3n) is 3.03. The molecule has 0 radical (unpaired) electrons. The highest BCUT2D eigenvalue weighted by Crippen LogP contribution is 2.40. The lowest BCUT2D eigenvalue weighted by atomic mass is 10.1. The molecule has 3 nitrogen and oxygen atoms in total. The van der Waals surface area contributed by atoms with Crippen molar-refractivity contribution in [2.45, 2.75) is 0 Å². The van der Waals surface area contributed by atoms with Gasteiger partial charge in [-0.05, 0) is 35.9 Å². The molecule has 0 atom stereocenters. The average molecular weight is 376 g/mol. The average Bonchev–Trinajstić information content (AvgIpc) is 2.74. The van der Waals surface area contributed by atoms with Crippen LogP contribution in [0.15, 0.2) is 30.0 Å². The standard InChI is InChI=1S/C15H6Cl4O3/c16-7-4-8-13(20)12(22-15(8)11(19)5-7)3-6-1-9(17)14(21)10(18)2-6/h1-5,21H/b12-3-. The van der Waals surface area contributed by atoms with Crippen LogP contribution in [0.25, 0.3) is 6.08 Å². The van der Waals surface area contributed by atoms with Crippen molar-refractivity contribution in [3.8, 4) is 11.5 Å². The lowest BCUT2D eigenvalue weighted by molar-refractivity contribution is 0.101. The molecule has 0 saturated carbocycles. The van der Waals surface area contributed by atoms with Gasteiger partial charge in [-0.3, -0.25) is 4.79 Å². The third-order valence-corrected chi connectivity index (χ3v) is 4.10. The smallest absolute Gasteiger partial charge is 0.232 e. The Hall–Kier alpha value is -1.39. The van der Waals surface area contributed by atoms with Gasteiger partial charge in [-0.25, -0.2) is 0 Å². The highest BCUT2D eigenvalue weighted by Gasteiger charge is 2.30. The van der Waals surface area contributed by atoms with Crippen LogP contribution in [-0.4, -0.2) is 10.9 Å². The van der Waals surface area contributed by atoms with Gasteiger partial charge in [-0.15, -0.1) is 0 Å². The van der Waals surface area contributed by atoms with Gasteiger partial charge in [0.05, 0.1) is 20.6 Å². The molecule has 3 rings (SSSR count). The summed E-state index contributed by atoms with van der Waals surface area (Å²) >= 11 is 23.6. The Balaban J connectivity index is 2.05. The summed E-state index contributed by atoms with van der Waals surface area (Å²) in [7, 11) is 0. The minimum Gasteiger partial charge on any atom is -0.505 e. The van der Waals surface area contributed by atoms with Crippen LogP contribution in [0.5, 0.6) is 11.5 Å². The van der Waals surface area contributed by atoms with Crippen molar-refractivity contribution in [1.82, 2.24) is 0 Å². The first-order valence-corrected chi connectivity index (χ1v) is 7.49. The second-order valence-corrected chi connectivity index (χ2v) is 6.20. The summed E-state index contributed by atoms with van der Waals surface area (Å²) in [5, 5.41) is 10.3. The van der Waals surface area contributed by atoms with Crippen molar-refractivity contribution in [1.29, 1.82) is 0 Å². The van der Waals surface area contributed by atoms with E-state index < -0.39 is 0 Å². The zero-order valence-corrected chi connectivity index (χ0v) is 13.7. The van der Waals surface area contributed by atoms with Crippen LogP contribution in [-0.2, 0) is 0 Å². The number of Topliss-reactive ketones (excluding diaryl/α,β-unsaturated/α-hetero) is 1. The minimum atomic E-state index is -0.347. The number of benzene rings is 2. The molecule has 1 aliphatic heterocycles. The maximum atomic E-state index is 12.3. The third kappa shape index (κ3) is 2.66. The normalized spacial score (nSPS) is 15.1. The quantitative estimate of drug-likeness (QED) is 0.657. The van der Waals surface area contributed by atoms with Crippen molar-refractivity contribution in [2.75, 3.05) is 0 Å². The molecule has 0 bridgehead atoms. The minimum absolute atomic E-state index is 0.0667. The molecule has 2 aromatic carbocycles. The molecule has 0 aromatic heterocycles. The molecular weight excluding hydrogens is 370 g/mol. The fourth-order valence-corrected chi connectivity index (χ4v) is 3.07. The first-order chi connectivity index (χ1) is 10.4. The molecule has 1 aliphatic rings. The topological polar surface area (TPSA) is 46.5 Å². The molecule has 0 saturated heterocycles. The summed E-state index contributed by atoms with van der Waals surface area (Å²) in [6.45, 7) is 0. The van der Waals surface area contributed by atoms with E-state index in [0.29, 0.717) is 16.1 Å². The fourth-order valence-electron chi connectivity index (χ4n) is 2.04. The second kappa shape index (κ2) is 5.67. The van der Waals surface area contributed by atoms with Crippen molar-refractivity contribution in [3.63, 3.8) is 0 Å². The number of phenols is 1. The van der Waals surface area contributed by atoms with Gasteiger partial charge in [-0.2, -0.15) is 0 Å². The van der Waals surface area contributed by atoms with E-state index in [4.69, 9.17) is 51.1 Å². The second-order valence-electron chi connectivity index (χ2n) is 4.54. The Bertz CT molecular complexity index is 820. The number of rotatable bonds is 1. The number of ether oxygens (including phenoxy) is 1. The number of hydrogen-bond acceptors (Lipinski definition) is 3. The van der Waals surface area contributed by atoms with Crippen molar-refractivity contribution in [3.05, 3.63) is 61.2 Å². The van der Waals surface area contributed by atoms with Crippen molar-refractivity contribution in [2.24, 2.45) is 0 Å². The van der Waals surface area contributed by atoms with Gasteiger partial charge < -0.3 is 9.84 Å². The van der Waals surface area contributed by atoms with Crippen molar-refractivity contribution >= 4 is 58.3 Å². The summed E-state index contributed by atoms with van der Waals surface area (Å²) in [4.78, 5) is 12.3. The van der Waals surface area contributed by atoms with Crippen LogP contribution < -0.4 is 4.74 Å². The lowest BCUT2D eigenvalue weighted by Gasteiger charge is -2.03. The zero-order valence-electron chi connectivity index (χ0n) is 10.7. The molecule has 22 heavy (non-hydrogen) atoms. The molecule has 1 heterocycles. The molecule has 2 aromatic rings.